The molecule has 0 aliphatic carbocycles. The van der Waals surface area contributed by atoms with Crippen LogP contribution in [0.2, 0.25) is 0 Å². The number of hydrogen-bond donors (Lipinski definition) is 1. The normalized spacial score (nSPS) is 13.2. The van der Waals surface area contributed by atoms with Gasteiger partial charge in [0.05, 0.1) is 6.54 Å². The number of likely N-dealkylation sites (N-methyl/N-ethyl adjacent to an activating group) is 2. The third-order valence-corrected chi connectivity index (χ3v) is 2.48. The van der Waals surface area contributed by atoms with Gasteiger partial charge >= 0.3 is 0 Å². The molecule has 4 heteroatoms. The third kappa shape index (κ3) is 6.08. The Morgan fingerprint density at radius 1 is 1.25 bits per heavy atom. The predicted octanol–water partition coefficient (Wildman–Crippen LogP) is 0.783. The minimum atomic E-state index is 0.186. The lowest BCUT2D eigenvalue weighted by Gasteiger charge is -2.30. The Kier molecular flexibility index (Phi) is 7.34. The van der Waals surface area contributed by atoms with E-state index in [1.54, 1.807) is 0 Å². The molecule has 1 atom stereocenters. The molecule has 0 fully saturated rings. The fourth-order valence-corrected chi connectivity index (χ4v) is 1.75. The van der Waals surface area contributed by atoms with Crippen LogP contribution in [0.1, 0.15) is 27.7 Å². The van der Waals surface area contributed by atoms with Crippen LogP contribution in [0.15, 0.2) is 0 Å². The second-order valence-electron chi connectivity index (χ2n) is 4.83. The van der Waals surface area contributed by atoms with Gasteiger partial charge in [0.25, 0.3) is 0 Å². The highest BCUT2D eigenvalue weighted by Gasteiger charge is 2.18. The molecule has 0 aromatic heterocycles. The van der Waals surface area contributed by atoms with Gasteiger partial charge in [0.2, 0.25) is 5.91 Å². The number of amides is 1. The molecular weight excluding hydrogens is 202 g/mol. The van der Waals surface area contributed by atoms with Crippen molar-refractivity contribution in [2.75, 3.05) is 33.7 Å². The van der Waals surface area contributed by atoms with Crippen LogP contribution in [0.4, 0.5) is 0 Å². The molecule has 0 spiro atoms. The van der Waals surface area contributed by atoms with E-state index in [4.69, 9.17) is 0 Å². The molecule has 0 aromatic rings. The van der Waals surface area contributed by atoms with Crippen LogP contribution in [0.3, 0.4) is 0 Å². The maximum absolute atomic E-state index is 11.9. The summed E-state index contributed by atoms with van der Waals surface area (Å²) in [5.74, 6) is 0.186. The van der Waals surface area contributed by atoms with Crippen molar-refractivity contribution in [3.05, 3.63) is 0 Å². The molecule has 16 heavy (non-hydrogen) atoms. The summed E-state index contributed by atoms with van der Waals surface area (Å²) in [5, 5.41) is 3.16. The Morgan fingerprint density at radius 2 is 1.81 bits per heavy atom. The van der Waals surface area contributed by atoms with E-state index < -0.39 is 0 Å². The third-order valence-electron chi connectivity index (χ3n) is 2.48. The van der Waals surface area contributed by atoms with Gasteiger partial charge in [-0.3, -0.25) is 4.79 Å². The highest BCUT2D eigenvalue weighted by atomic mass is 16.2. The van der Waals surface area contributed by atoms with Gasteiger partial charge in [-0.05, 0) is 27.9 Å². The fraction of sp³-hybridized carbons (Fsp3) is 0.917. The van der Waals surface area contributed by atoms with E-state index in [-0.39, 0.29) is 11.9 Å². The molecule has 0 rings (SSSR count). The number of hydrogen-bond acceptors (Lipinski definition) is 3. The van der Waals surface area contributed by atoms with Crippen LogP contribution in [-0.4, -0.2) is 61.5 Å². The molecule has 0 saturated heterocycles. The number of nitrogens with zero attached hydrogens (tertiary/aromatic N) is 2. The Bertz CT molecular complexity index is 204. The van der Waals surface area contributed by atoms with Crippen molar-refractivity contribution in [1.82, 2.24) is 15.1 Å². The fourth-order valence-electron chi connectivity index (χ4n) is 1.75. The summed E-state index contributed by atoms with van der Waals surface area (Å²) in [6.07, 6.45) is 0. The van der Waals surface area contributed by atoms with E-state index in [1.165, 1.54) is 0 Å². The van der Waals surface area contributed by atoms with Gasteiger partial charge < -0.3 is 15.1 Å². The van der Waals surface area contributed by atoms with Crippen LogP contribution in [0.5, 0.6) is 0 Å². The van der Waals surface area contributed by atoms with E-state index in [0.29, 0.717) is 12.6 Å². The largest absolute Gasteiger partial charge is 0.338 e. The van der Waals surface area contributed by atoms with E-state index in [9.17, 15) is 4.79 Å². The lowest BCUT2D eigenvalue weighted by Crippen LogP contribution is -2.47. The first-order chi connectivity index (χ1) is 7.38. The van der Waals surface area contributed by atoms with Crippen LogP contribution in [0, 0.1) is 0 Å². The summed E-state index contributed by atoms with van der Waals surface area (Å²) in [7, 11) is 4.06. The highest BCUT2D eigenvalue weighted by molar-refractivity contribution is 5.78. The Hall–Kier alpha value is -0.610. The maximum atomic E-state index is 11.9. The maximum Gasteiger partial charge on any atom is 0.236 e. The van der Waals surface area contributed by atoms with Crippen molar-refractivity contribution >= 4 is 5.91 Å². The summed E-state index contributed by atoms with van der Waals surface area (Å²) in [5.41, 5.74) is 0. The van der Waals surface area contributed by atoms with Crippen molar-refractivity contribution in [2.24, 2.45) is 0 Å². The Labute approximate surface area is 100.0 Å². The topological polar surface area (TPSA) is 35.6 Å². The van der Waals surface area contributed by atoms with Crippen LogP contribution >= 0.6 is 0 Å². The first kappa shape index (κ1) is 15.4. The lowest BCUT2D eigenvalue weighted by molar-refractivity contribution is -0.132. The SMILES string of the molecule is CCN(C(=O)CNC(C)C)C(C)CN(C)C. The van der Waals surface area contributed by atoms with Gasteiger partial charge in [0.1, 0.15) is 0 Å². The minimum Gasteiger partial charge on any atom is -0.338 e. The quantitative estimate of drug-likeness (QED) is 0.701. The van der Waals surface area contributed by atoms with Gasteiger partial charge in [-0.15, -0.1) is 0 Å². The van der Waals surface area contributed by atoms with Crippen molar-refractivity contribution in [1.29, 1.82) is 0 Å². The van der Waals surface area contributed by atoms with E-state index in [0.717, 1.165) is 13.1 Å². The molecule has 0 radical (unpaired) electrons. The standard InChI is InChI=1S/C12H27N3O/c1-7-15(11(4)9-14(5)6)12(16)8-13-10(2)3/h10-11,13H,7-9H2,1-6H3. The summed E-state index contributed by atoms with van der Waals surface area (Å²) in [6, 6.07) is 0.619. The zero-order valence-electron chi connectivity index (χ0n) is 11.6. The molecule has 96 valence electrons. The van der Waals surface area contributed by atoms with Crippen molar-refractivity contribution in [3.63, 3.8) is 0 Å². The van der Waals surface area contributed by atoms with E-state index in [2.05, 4.69) is 17.1 Å². The first-order valence-electron chi connectivity index (χ1n) is 6.06. The second kappa shape index (κ2) is 7.63. The number of nitrogens with one attached hydrogen (secondary N) is 1. The van der Waals surface area contributed by atoms with Crippen LogP contribution in [-0.2, 0) is 4.79 Å². The van der Waals surface area contributed by atoms with Crippen molar-refractivity contribution < 1.29 is 4.79 Å². The minimum absolute atomic E-state index is 0.186. The zero-order valence-corrected chi connectivity index (χ0v) is 11.6. The summed E-state index contributed by atoms with van der Waals surface area (Å²) >= 11 is 0. The molecule has 1 unspecified atom stereocenters. The average molecular weight is 229 g/mol. The predicted molar refractivity (Wildman–Crippen MR) is 68.5 cm³/mol. The van der Waals surface area contributed by atoms with Crippen LogP contribution in [0.25, 0.3) is 0 Å². The first-order valence-corrected chi connectivity index (χ1v) is 6.06. The smallest absolute Gasteiger partial charge is 0.236 e. The van der Waals surface area contributed by atoms with Crippen LogP contribution < -0.4 is 5.32 Å². The lowest BCUT2D eigenvalue weighted by atomic mass is 10.2. The highest BCUT2D eigenvalue weighted by Crippen LogP contribution is 2.00. The molecule has 0 bridgehead atoms. The summed E-state index contributed by atoms with van der Waals surface area (Å²) in [6.45, 7) is 10.3. The molecule has 0 aliphatic rings. The molecule has 0 heterocycles. The average Bonchev–Trinajstić information content (AvgIpc) is 2.14. The molecule has 1 amide bonds. The number of carbonyl (C=O) groups is 1. The monoisotopic (exact) mass is 229 g/mol. The van der Waals surface area contributed by atoms with Gasteiger partial charge in [0.15, 0.2) is 0 Å². The molecule has 4 nitrogen and oxygen atoms in total. The Morgan fingerprint density at radius 3 is 2.19 bits per heavy atom. The molecule has 0 aliphatic heterocycles. The van der Waals surface area contributed by atoms with Crippen molar-refractivity contribution in [2.45, 2.75) is 39.8 Å². The second-order valence-corrected chi connectivity index (χ2v) is 4.83. The zero-order chi connectivity index (χ0) is 12.7. The number of carbonyl (C=O) groups excluding carboxylic acids is 1. The summed E-state index contributed by atoms with van der Waals surface area (Å²) in [4.78, 5) is 16.0. The summed E-state index contributed by atoms with van der Waals surface area (Å²) < 4.78 is 0. The van der Waals surface area contributed by atoms with Crippen molar-refractivity contribution in [3.8, 4) is 0 Å². The van der Waals surface area contributed by atoms with Gasteiger partial charge in [-0.25, -0.2) is 0 Å². The number of rotatable bonds is 7. The van der Waals surface area contributed by atoms with E-state index >= 15 is 0 Å². The van der Waals surface area contributed by atoms with Gasteiger partial charge in [-0.2, -0.15) is 0 Å². The van der Waals surface area contributed by atoms with Gasteiger partial charge in [-0.1, -0.05) is 13.8 Å². The van der Waals surface area contributed by atoms with E-state index in [1.807, 2.05) is 39.8 Å². The van der Waals surface area contributed by atoms with Gasteiger partial charge in [0, 0.05) is 25.2 Å². The Balaban J connectivity index is 4.19. The molecule has 0 saturated carbocycles. The molecule has 1 N–H and O–H groups in total. The molecular formula is C12H27N3O. The molecule has 0 aromatic carbocycles.